The normalized spacial score (nSPS) is 12.1. The van der Waals surface area contributed by atoms with Crippen LogP contribution in [0.15, 0.2) is 134 Å². The van der Waals surface area contributed by atoms with Crippen LogP contribution in [0.4, 0.5) is 0 Å². The van der Waals surface area contributed by atoms with Crippen LogP contribution in [0.1, 0.15) is 26.3 Å². The minimum atomic E-state index is -0.0846. The van der Waals surface area contributed by atoms with Crippen molar-refractivity contribution >= 4 is 49.3 Å². The Labute approximate surface area is 271 Å². The van der Waals surface area contributed by atoms with Gasteiger partial charge >= 0.3 is 0 Å². The summed E-state index contributed by atoms with van der Waals surface area (Å²) in [5.41, 5.74) is 6.95. The lowest BCUT2D eigenvalue weighted by atomic mass is 9.87. The Bertz CT molecular complexity index is 2640. The Morgan fingerprint density at radius 1 is 0.574 bits per heavy atom. The highest BCUT2D eigenvalue weighted by Crippen LogP contribution is 2.39. The number of para-hydroxylation sites is 1. The molecule has 226 valence electrons. The Hall–Kier alpha value is -6.01. The van der Waals surface area contributed by atoms with Gasteiger partial charge < -0.3 is 4.74 Å². The van der Waals surface area contributed by atoms with Crippen molar-refractivity contribution in [2.75, 3.05) is 0 Å². The minimum absolute atomic E-state index is 0.0846. The molecule has 6 nitrogen and oxygen atoms in total. The summed E-state index contributed by atoms with van der Waals surface area (Å²) >= 11 is 0. The topological polar surface area (TPSA) is 57.2 Å². The molecule has 0 aliphatic heterocycles. The fourth-order valence-corrected chi connectivity index (χ4v) is 6.82. The van der Waals surface area contributed by atoms with E-state index in [-0.39, 0.29) is 5.41 Å². The molecule has 5 heterocycles. The molecule has 0 unspecified atom stereocenters. The van der Waals surface area contributed by atoms with Gasteiger partial charge in [0.15, 0.2) is 0 Å². The number of aromatic nitrogens is 5. The van der Waals surface area contributed by atoms with E-state index in [0.717, 1.165) is 72.4 Å². The molecule has 0 saturated heterocycles. The Morgan fingerprint density at radius 2 is 1.28 bits per heavy atom. The molecule has 0 radical (unpaired) electrons. The molecule has 47 heavy (non-hydrogen) atoms. The molecule has 4 aromatic carbocycles. The lowest BCUT2D eigenvalue weighted by Crippen LogP contribution is -2.16. The van der Waals surface area contributed by atoms with E-state index in [0.29, 0.717) is 0 Å². The summed E-state index contributed by atoms with van der Waals surface area (Å²) in [5, 5.41) is 5.49. The highest BCUT2D eigenvalue weighted by molar-refractivity contribution is 6.12. The van der Waals surface area contributed by atoms with Crippen molar-refractivity contribution in [3.05, 3.63) is 139 Å². The van der Waals surface area contributed by atoms with Crippen LogP contribution in [-0.2, 0) is 5.41 Å². The largest absolute Gasteiger partial charge is 0.457 e. The van der Waals surface area contributed by atoms with Gasteiger partial charge in [-0.1, -0.05) is 75.4 Å². The molecule has 0 aliphatic carbocycles. The second kappa shape index (κ2) is 10.3. The van der Waals surface area contributed by atoms with Crippen LogP contribution >= 0.6 is 0 Å². The smallest absolute Gasteiger partial charge is 0.147 e. The third-order valence-corrected chi connectivity index (χ3v) is 9.00. The Morgan fingerprint density at radius 3 is 2.13 bits per heavy atom. The summed E-state index contributed by atoms with van der Waals surface area (Å²) in [5.74, 6) is 2.42. The van der Waals surface area contributed by atoms with Crippen molar-refractivity contribution in [1.82, 2.24) is 23.9 Å². The van der Waals surface area contributed by atoms with Crippen molar-refractivity contribution in [3.63, 3.8) is 0 Å². The first-order valence-electron chi connectivity index (χ1n) is 15.9. The number of benzene rings is 4. The first-order chi connectivity index (χ1) is 22.9. The van der Waals surface area contributed by atoms with Gasteiger partial charge in [-0.2, -0.15) is 0 Å². The zero-order chi connectivity index (χ0) is 31.7. The van der Waals surface area contributed by atoms with Crippen LogP contribution < -0.4 is 4.74 Å². The summed E-state index contributed by atoms with van der Waals surface area (Å²) in [6.45, 7) is 6.69. The molecule has 0 atom stereocenters. The average Bonchev–Trinajstić information content (AvgIpc) is 3.69. The van der Waals surface area contributed by atoms with Gasteiger partial charge in [0, 0.05) is 57.3 Å². The monoisotopic (exact) mass is 609 g/mol. The first kappa shape index (κ1) is 27.3. The second-order valence-electron chi connectivity index (χ2n) is 13.0. The van der Waals surface area contributed by atoms with Crippen molar-refractivity contribution in [3.8, 4) is 28.6 Å². The van der Waals surface area contributed by atoms with E-state index in [1.165, 1.54) is 10.9 Å². The van der Waals surface area contributed by atoms with Gasteiger partial charge in [0.1, 0.15) is 28.6 Å². The van der Waals surface area contributed by atoms with Crippen molar-refractivity contribution in [2.45, 2.75) is 26.2 Å². The quantitative estimate of drug-likeness (QED) is 0.186. The van der Waals surface area contributed by atoms with Gasteiger partial charge in [-0.25, -0.2) is 15.0 Å². The average molecular weight is 610 g/mol. The molecule has 0 fully saturated rings. The van der Waals surface area contributed by atoms with Crippen LogP contribution in [0, 0.1) is 0 Å². The van der Waals surface area contributed by atoms with E-state index < -0.39 is 0 Å². The summed E-state index contributed by atoms with van der Waals surface area (Å²) in [4.78, 5) is 14.8. The van der Waals surface area contributed by atoms with E-state index in [2.05, 4.69) is 115 Å². The van der Waals surface area contributed by atoms with E-state index in [1.807, 2.05) is 48.8 Å². The van der Waals surface area contributed by atoms with Crippen LogP contribution in [0.5, 0.6) is 11.5 Å². The van der Waals surface area contributed by atoms with Gasteiger partial charge in [-0.15, -0.1) is 0 Å². The number of imidazole rings is 1. The van der Waals surface area contributed by atoms with E-state index in [4.69, 9.17) is 19.7 Å². The molecule has 0 aliphatic rings. The highest BCUT2D eigenvalue weighted by atomic mass is 16.5. The number of rotatable bonds is 4. The van der Waals surface area contributed by atoms with Crippen molar-refractivity contribution in [1.29, 1.82) is 0 Å². The summed E-state index contributed by atoms with van der Waals surface area (Å²) in [7, 11) is 0. The number of nitrogens with zero attached hydrogens (tertiary/aromatic N) is 5. The molecule has 0 saturated carbocycles. The fraction of sp³-hybridized carbons (Fsp3) is 0.0976. The zero-order valence-electron chi connectivity index (χ0n) is 26.3. The predicted octanol–water partition coefficient (Wildman–Crippen LogP) is 10.3. The molecule has 0 spiro atoms. The van der Waals surface area contributed by atoms with Gasteiger partial charge in [0.05, 0.1) is 16.7 Å². The highest BCUT2D eigenvalue weighted by Gasteiger charge is 2.23. The maximum Gasteiger partial charge on any atom is 0.147 e. The second-order valence-corrected chi connectivity index (χ2v) is 13.0. The van der Waals surface area contributed by atoms with E-state index in [9.17, 15) is 0 Å². The molecular weight excluding hydrogens is 578 g/mol. The molecular formula is C41H31N5O. The fourth-order valence-electron chi connectivity index (χ4n) is 6.82. The van der Waals surface area contributed by atoms with E-state index in [1.54, 1.807) is 0 Å². The maximum absolute atomic E-state index is 6.64. The van der Waals surface area contributed by atoms with Gasteiger partial charge in [0.2, 0.25) is 0 Å². The third kappa shape index (κ3) is 4.36. The molecule has 9 rings (SSSR count). The molecule has 0 bridgehead atoms. The molecule has 0 amide bonds. The molecule has 6 heteroatoms. The number of ether oxygens (including phenoxy) is 1. The van der Waals surface area contributed by atoms with Gasteiger partial charge in [-0.3, -0.25) is 8.97 Å². The minimum Gasteiger partial charge on any atom is -0.457 e. The summed E-state index contributed by atoms with van der Waals surface area (Å²) in [6, 6.07) is 39.6. The zero-order valence-corrected chi connectivity index (χ0v) is 26.3. The van der Waals surface area contributed by atoms with Crippen LogP contribution in [-0.4, -0.2) is 23.9 Å². The van der Waals surface area contributed by atoms with Crippen molar-refractivity contribution in [2.24, 2.45) is 0 Å². The SMILES string of the molecule is CC(C)(C)c1cccnc1-n1c2ccccc2c2ccc(Oc3ccc4c5cccnc5n5cc(-c6ccccc6)nc5c4c3)cc21. The number of hydrogen-bond donors (Lipinski definition) is 0. The Balaban J connectivity index is 1.22. The summed E-state index contributed by atoms with van der Waals surface area (Å²) < 4.78 is 11.0. The Kier molecular flexibility index (Phi) is 5.96. The first-order valence-corrected chi connectivity index (χ1v) is 15.9. The van der Waals surface area contributed by atoms with Crippen LogP contribution in [0.25, 0.3) is 66.3 Å². The number of fused-ring (bicyclic) bond motifs is 9. The van der Waals surface area contributed by atoms with Crippen LogP contribution in [0.2, 0.25) is 0 Å². The maximum atomic E-state index is 6.64. The third-order valence-electron chi connectivity index (χ3n) is 9.00. The molecule has 0 N–H and O–H groups in total. The van der Waals surface area contributed by atoms with Gasteiger partial charge in [-0.05, 0) is 65.4 Å². The predicted molar refractivity (Wildman–Crippen MR) is 191 cm³/mol. The number of pyridine rings is 3. The van der Waals surface area contributed by atoms with Gasteiger partial charge in [0.25, 0.3) is 0 Å². The lowest BCUT2D eigenvalue weighted by Gasteiger charge is -2.23. The van der Waals surface area contributed by atoms with Crippen LogP contribution in [0.3, 0.4) is 0 Å². The van der Waals surface area contributed by atoms with Crippen molar-refractivity contribution < 1.29 is 4.74 Å². The number of hydrogen-bond acceptors (Lipinski definition) is 4. The molecule has 5 aromatic heterocycles. The summed E-state index contributed by atoms with van der Waals surface area (Å²) in [6.07, 6.45) is 5.78. The lowest BCUT2D eigenvalue weighted by molar-refractivity contribution is 0.484. The van der Waals surface area contributed by atoms with E-state index >= 15 is 0 Å². The molecule has 9 aromatic rings. The standard InChI is InChI=1S/C41H31N5O/c1-41(2,3)34-15-10-22-43-40(34)46-36-16-8-7-13-30(36)31-20-18-28(24-37(31)46)47-27-17-19-29-32-14-9-21-42-38(32)45-25-35(26-11-5-4-6-12-26)44-39(45)33(29)23-27/h4-25H,1-3H3.